The van der Waals surface area contributed by atoms with Gasteiger partial charge in [0.2, 0.25) is 0 Å². The molecule has 0 saturated heterocycles. The van der Waals surface area contributed by atoms with Crippen LogP contribution in [-0.4, -0.2) is 23.0 Å². The van der Waals surface area contributed by atoms with Crippen LogP contribution in [0.5, 0.6) is 0 Å². The number of rotatable bonds is 6. The number of nitrogens with zero attached hydrogens (tertiary/aromatic N) is 1. The Morgan fingerprint density at radius 3 is 2.22 bits per heavy atom. The molecular weight excluding hydrogens is 240 g/mol. The molecule has 0 unspecified atom stereocenters. The van der Waals surface area contributed by atoms with Gasteiger partial charge in [-0.1, -0.05) is 36.8 Å². The van der Waals surface area contributed by atoms with Gasteiger partial charge >= 0.3 is 0 Å². The van der Waals surface area contributed by atoms with Gasteiger partial charge in [0.25, 0.3) is 0 Å². The molecule has 0 bridgehead atoms. The van der Waals surface area contributed by atoms with Crippen molar-refractivity contribution in [2.24, 2.45) is 5.73 Å². The van der Waals surface area contributed by atoms with Crippen LogP contribution in [0.1, 0.15) is 35.6 Å². The van der Waals surface area contributed by atoms with Crippen LogP contribution < -0.4 is 5.73 Å². The molecule has 0 amide bonds. The fourth-order valence-corrected chi connectivity index (χ4v) is 2.62. The minimum Gasteiger partial charge on any atom is -0.392 e. The molecule has 2 N–H and O–H groups in total. The van der Waals surface area contributed by atoms with Crippen molar-refractivity contribution in [3.05, 3.63) is 34.4 Å². The van der Waals surface area contributed by atoms with Crippen molar-refractivity contribution < 1.29 is 0 Å². The third-order valence-electron chi connectivity index (χ3n) is 3.14. The molecule has 0 radical (unpaired) electrons. The largest absolute Gasteiger partial charge is 0.392 e. The van der Waals surface area contributed by atoms with Crippen molar-refractivity contribution in [3.8, 4) is 0 Å². The van der Waals surface area contributed by atoms with Gasteiger partial charge in [0, 0.05) is 13.1 Å². The van der Waals surface area contributed by atoms with Crippen molar-refractivity contribution in [1.82, 2.24) is 4.90 Å². The van der Waals surface area contributed by atoms with Crippen LogP contribution in [0.25, 0.3) is 0 Å². The molecule has 18 heavy (non-hydrogen) atoms. The zero-order valence-corrected chi connectivity index (χ0v) is 12.7. The standard InChI is InChI=1S/C15H24N2S/c1-5-6-17(10-15(16)18)9-14-12(3)7-11(2)8-13(14)4/h7-8H,5-6,9-10H2,1-4H3,(H2,16,18). The van der Waals surface area contributed by atoms with Crippen molar-refractivity contribution in [2.45, 2.75) is 40.7 Å². The topological polar surface area (TPSA) is 29.3 Å². The number of nitrogens with two attached hydrogens (primary N) is 1. The first-order chi connectivity index (χ1) is 8.43. The summed E-state index contributed by atoms with van der Waals surface area (Å²) in [7, 11) is 0. The second-order valence-electron chi connectivity index (χ2n) is 5.05. The highest BCUT2D eigenvalue weighted by Gasteiger charge is 2.10. The summed E-state index contributed by atoms with van der Waals surface area (Å²) in [4.78, 5) is 2.90. The lowest BCUT2D eigenvalue weighted by molar-refractivity contribution is 0.303. The third kappa shape index (κ3) is 4.39. The molecule has 0 aliphatic carbocycles. The SMILES string of the molecule is CCCN(CC(N)=S)Cc1c(C)cc(C)cc1C. The maximum Gasteiger partial charge on any atom is 0.0870 e. The van der Waals surface area contributed by atoms with E-state index in [1.807, 2.05) is 0 Å². The smallest absolute Gasteiger partial charge is 0.0870 e. The summed E-state index contributed by atoms with van der Waals surface area (Å²) < 4.78 is 0. The Morgan fingerprint density at radius 2 is 1.78 bits per heavy atom. The van der Waals surface area contributed by atoms with Crippen molar-refractivity contribution >= 4 is 17.2 Å². The Labute approximate surface area is 116 Å². The van der Waals surface area contributed by atoms with E-state index < -0.39 is 0 Å². The Kier molecular flexibility index (Phi) is 5.76. The summed E-state index contributed by atoms with van der Waals surface area (Å²) in [6, 6.07) is 4.49. The molecule has 0 aromatic heterocycles. The van der Waals surface area contributed by atoms with Crippen LogP contribution in [0, 0.1) is 20.8 Å². The maximum absolute atomic E-state index is 5.67. The van der Waals surface area contributed by atoms with E-state index in [0.29, 0.717) is 11.5 Å². The van der Waals surface area contributed by atoms with E-state index >= 15 is 0 Å². The molecule has 1 aromatic carbocycles. The summed E-state index contributed by atoms with van der Waals surface area (Å²) in [6.45, 7) is 11.4. The molecule has 0 fully saturated rings. The van der Waals surface area contributed by atoms with Gasteiger partial charge in [-0.05, 0) is 50.4 Å². The number of hydrogen-bond acceptors (Lipinski definition) is 2. The third-order valence-corrected chi connectivity index (χ3v) is 3.27. The molecule has 1 rings (SSSR count). The monoisotopic (exact) mass is 264 g/mol. The van der Waals surface area contributed by atoms with Gasteiger partial charge in [-0.2, -0.15) is 0 Å². The first kappa shape index (κ1) is 15.1. The molecule has 2 nitrogen and oxygen atoms in total. The highest BCUT2D eigenvalue weighted by atomic mass is 32.1. The van der Waals surface area contributed by atoms with E-state index in [4.69, 9.17) is 18.0 Å². The Morgan fingerprint density at radius 1 is 1.22 bits per heavy atom. The minimum absolute atomic E-state index is 0.575. The molecule has 1 aromatic rings. The van der Waals surface area contributed by atoms with E-state index in [-0.39, 0.29) is 0 Å². The van der Waals surface area contributed by atoms with E-state index in [0.717, 1.165) is 19.5 Å². The maximum atomic E-state index is 5.67. The molecule has 0 spiro atoms. The van der Waals surface area contributed by atoms with E-state index in [2.05, 4.69) is 44.7 Å². The van der Waals surface area contributed by atoms with Crippen LogP contribution >= 0.6 is 12.2 Å². The molecule has 0 atom stereocenters. The van der Waals surface area contributed by atoms with E-state index in [1.54, 1.807) is 0 Å². The van der Waals surface area contributed by atoms with Gasteiger partial charge in [-0.3, -0.25) is 4.90 Å². The summed E-state index contributed by atoms with van der Waals surface area (Å²) in [5.41, 5.74) is 11.1. The van der Waals surface area contributed by atoms with Crippen molar-refractivity contribution in [1.29, 1.82) is 0 Å². The minimum atomic E-state index is 0.575. The van der Waals surface area contributed by atoms with Gasteiger partial charge in [0.1, 0.15) is 0 Å². The summed E-state index contributed by atoms with van der Waals surface area (Å²) >= 11 is 5.02. The predicted molar refractivity (Wildman–Crippen MR) is 83.0 cm³/mol. The van der Waals surface area contributed by atoms with Crippen LogP contribution in [0.3, 0.4) is 0 Å². The van der Waals surface area contributed by atoms with Crippen LogP contribution in [0.2, 0.25) is 0 Å². The summed E-state index contributed by atoms with van der Waals surface area (Å²) in [6.07, 6.45) is 1.12. The predicted octanol–water partition coefficient (Wildman–Crippen LogP) is 3.11. The van der Waals surface area contributed by atoms with E-state index in [9.17, 15) is 0 Å². The molecule has 0 saturated carbocycles. The average Bonchev–Trinajstić information content (AvgIpc) is 2.22. The summed E-state index contributed by atoms with van der Waals surface area (Å²) in [5, 5.41) is 0. The van der Waals surface area contributed by atoms with Gasteiger partial charge in [-0.25, -0.2) is 0 Å². The van der Waals surface area contributed by atoms with Gasteiger partial charge in [0.15, 0.2) is 0 Å². The van der Waals surface area contributed by atoms with Gasteiger partial charge in [-0.15, -0.1) is 0 Å². The number of hydrogen-bond donors (Lipinski definition) is 1. The molecule has 0 aliphatic rings. The van der Waals surface area contributed by atoms with Crippen LogP contribution in [0.4, 0.5) is 0 Å². The molecular formula is C15H24N2S. The van der Waals surface area contributed by atoms with Crippen molar-refractivity contribution in [3.63, 3.8) is 0 Å². The van der Waals surface area contributed by atoms with Crippen molar-refractivity contribution in [2.75, 3.05) is 13.1 Å². The zero-order chi connectivity index (χ0) is 13.7. The first-order valence-corrected chi connectivity index (χ1v) is 6.92. The number of aryl methyl sites for hydroxylation is 3. The fraction of sp³-hybridized carbons (Fsp3) is 0.533. The second kappa shape index (κ2) is 6.86. The zero-order valence-electron chi connectivity index (χ0n) is 11.9. The number of thiocarbonyl (C=S) groups is 1. The van der Waals surface area contributed by atoms with E-state index in [1.165, 1.54) is 22.3 Å². The molecule has 100 valence electrons. The fourth-order valence-electron chi connectivity index (χ4n) is 2.43. The lowest BCUT2D eigenvalue weighted by atomic mass is 9.99. The lowest BCUT2D eigenvalue weighted by Crippen LogP contribution is -2.33. The number of benzene rings is 1. The Bertz CT molecular complexity index is 403. The lowest BCUT2D eigenvalue weighted by Gasteiger charge is -2.23. The highest BCUT2D eigenvalue weighted by molar-refractivity contribution is 7.80. The van der Waals surface area contributed by atoms with Crippen LogP contribution in [0.15, 0.2) is 12.1 Å². The second-order valence-corrected chi connectivity index (χ2v) is 5.58. The van der Waals surface area contributed by atoms with Gasteiger partial charge < -0.3 is 5.73 Å². The summed E-state index contributed by atoms with van der Waals surface area (Å²) in [5.74, 6) is 0. The van der Waals surface area contributed by atoms with Crippen LogP contribution in [-0.2, 0) is 6.54 Å². The molecule has 3 heteroatoms. The highest BCUT2D eigenvalue weighted by Crippen LogP contribution is 2.18. The quantitative estimate of drug-likeness (QED) is 0.801. The average molecular weight is 264 g/mol. The Hall–Kier alpha value is -0.930. The Balaban J connectivity index is 2.89. The molecule has 0 heterocycles. The normalized spacial score (nSPS) is 10.9. The van der Waals surface area contributed by atoms with Gasteiger partial charge in [0.05, 0.1) is 4.99 Å². The molecule has 0 aliphatic heterocycles. The first-order valence-electron chi connectivity index (χ1n) is 6.51.